The van der Waals surface area contributed by atoms with E-state index in [9.17, 15) is 9.59 Å². The van der Waals surface area contributed by atoms with Crippen LogP contribution in [0.2, 0.25) is 0 Å². The first-order valence-electron chi connectivity index (χ1n) is 5.96. The topological polar surface area (TPSA) is 125 Å². The Morgan fingerprint density at radius 2 is 1.95 bits per heavy atom. The van der Waals surface area contributed by atoms with Crippen molar-refractivity contribution in [3.63, 3.8) is 0 Å². The molecule has 1 atom stereocenters. The molecule has 0 aliphatic carbocycles. The maximum absolute atomic E-state index is 11.8. The Balaban J connectivity index is 2.85. The zero-order chi connectivity index (χ0) is 15.7. The van der Waals surface area contributed by atoms with Crippen LogP contribution in [0.15, 0.2) is 29.4 Å². The maximum atomic E-state index is 11.8. The van der Waals surface area contributed by atoms with Gasteiger partial charge in [-0.1, -0.05) is 17.2 Å². The number of likely N-dealkylation sites (N-methyl/N-ethyl adjacent to an activating group) is 1. The number of ether oxygens (including phenoxy) is 2. The van der Waals surface area contributed by atoms with Crippen molar-refractivity contribution in [3.8, 4) is 5.75 Å². The Morgan fingerprint density at radius 3 is 2.48 bits per heavy atom. The number of nitrogens with zero attached hydrogens (tertiary/aromatic N) is 3. The van der Waals surface area contributed by atoms with Gasteiger partial charge in [0.25, 0.3) is 5.91 Å². The molecule has 0 saturated heterocycles. The Bertz CT molecular complexity index is 539. The van der Waals surface area contributed by atoms with E-state index in [0.29, 0.717) is 11.3 Å². The lowest BCUT2D eigenvalue weighted by atomic mass is 10.1. The molecule has 21 heavy (non-hydrogen) atoms. The molecule has 1 aromatic rings. The van der Waals surface area contributed by atoms with Gasteiger partial charge in [-0.05, 0) is 17.7 Å². The first-order chi connectivity index (χ1) is 10.1. The third-order valence-corrected chi connectivity index (χ3v) is 2.45. The molecule has 0 radical (unpaired) electrons. The minimum absolute atomic E-state index is 0.135. The van der Waals surface area contributed by atoms with E-state index in [1.54, 1.807) is 24.3 Å². The number of nitrogens with one attached hydrogen (secondary N) is 2. The van der Waals surface area contributed by atoms with Crippen LogP contribution in [0, 0.1) is 0 Å². The first-order valence-corrected chi connectivity index (χ1v) is 5.96. The Labute approximate surface area is 120 Å². The van der Waals surface area contributed by atoms with E-state index in [2.05, 4.69) is 20.7 Å². The van der Waals surface area contributed by atoms with Gasteiger partial charge < -0.3 is 20.1 Å². The Morgan fingerprint density at radius 1 is 1.29 bits per heavy atom. The number of hydrogen-bond donors (Lipinski definition) is 2. The van der Waals surface area contributed by atoms with Crippen LogP contribution >= 0.6 is 0 Å². The molecule has 2 N–H and O–H groups in total. The lowest BCUT2D eigenvalue weighted by Crippen LogP contribution is -2.32. The highest BCUT2D eigenvalue weighted by atomic mass is 16.6. The molecule has 0 aliphatic heterocycles. The number of carbonyl (C=O) groups excluding carboxylic acids is 2. The van der Waals surface area contributed by atoms with Crippen LogP contribution in [-0.4, -0.2) is 32.8 Å². The van der Waals surface area contributed by atoms with Crippen molar-refractivity contribution in [1.29, 1.82) is 0 Å². The summed E-state index contributed by atoms with van der Waals surface area (Å²) in [6.45, 7) is -0.135. The number of alkyl carbamates (subject to hydrolysis) is 1. The fourth-order valence-corrected chi connectivity index (χ4v) is 1.44. The van der Waals surface area contributed by atoms with Gasteiger partial charge in [0.05, 0.1) is 0 Å². The second-order valence-electron chi connectivity index (χ2n) is 3.72. The summed E-state index contributed by atoms with van der Waals surface area (Å²) < 4.78 is 10.1. The molecule has 0 heterocycles. The summed E-state index contributed by atoms with van der Waals surface area (Å²) in [5.74, 6) is 0.00287. The van der Waals surface area contributed by atoms with E-state index in [1.807, 2.05) is 0 Å². The van der Waals surface area contributed by atoms with Crippen molar-refractivity contribution in [3.05, 3.63) is 40.3 Å². The lowest BCUT2D eigenvalue weighted by Gasteiger charge is -2.16. The van der Waals surface area contributed by atoms with Gasteiger partial charge in [0.2, 0.25) is 6.10 Å². The van der Waals surface area contributed by atoms with E-state index < -0.39 is 18.1 Å². The third kappa shape index (κ3) is 4.92. The molecule has 1 unspecified atom stereocenters. The molecular weight excluding hydrogens is 278 g/mol. The highest BCUT2D eigenvalue weighted by Crippen LogP contribution is 2.21. The second kappa shape index (κ2) is 8.28. The molecule has 1 rings (SSSR count). The van der Waals surface area contributed by atoms with Crippen LogP contribution in [0.4, 0.5) is 4.79 Å². The van der Waals surface area contributed by atoms with Crippen LogP contribution in [-0.2, 0) is 9.53 Å². The highest BCUT2D eigenvalue weighted by Gasteiger charge is 2.23. The summed E-state index contributed by atoms with van der Waals surface area (Å²) in [7, 11) is 2.84. The van der Waals surface area contributed by atoms with Gasteiger partial charge in [0.1, 0.15) is 5.75 Å². The van der Waals surface area contributed by atoms with Gasteiger partial charge in [-0.2, -0.15) is 0 Å². The molecule has 9 heteroatoms. The van der Waals surface area contributed by atoms with Crippen LogP contribution in [0.1, 0.15) is 11.7 Å². The minimum Gasteiger partial charge on any atom is -0.488 e. The zero-order valence-corrected chi connectivity index (χ0v) is 11.6. The van der Waals surface area contributed by atoms with Gasteiger partial charge in [-0.15, -0.1) is 0 Å². The molecular formula is C12H15N5O4. The van der Waals surface area contributed by atoms with Crippen molar-refractivity contribution in [2.45, 2.75) is 6.10 Å². The average molecular weight is 293 g/mol. The smallest absolute Gasteiger partial charge is 0.408 e. The van der Waals surface area contributed by atoms with Crippen LogP contribution in [0.25, 0.3) is 10.4 Å². The SMILES string of the molecule is CNC(=O)OC(C(=O)NC)c1ccc(OCN=[N+]=[N-])cc1. The maximum Gasteiger partial charge on any atom is 0.408 e. The quantitative estimate of drug-likeness (QED) is 0.468. The van der Waals surface area contributed by atoms with Crippen molar-refractivity contribution in [2.75, 3.05) is 20.8 Å². The van der Waals surface area contributed by atoms with E-state index in [4.69, 9.17) is 15.0 Å². The predicted molar refractivity (Wildman–Crippen MR) is 73.4 cm³/mol. The fourth-order valence-electron chi connectivity index (χ4n) is 1.44. The fraction of sp³-hybridized carbons (Fsp3) is 0.333. The summed E-state index contributed by atoms with van der Waals surface area (Å²) in [6.07, 6.45) is -1.78. The first kappa shape index (κ1) is 16.1. The molecule has 112 valence electrons. The Hall–Kier alpha value is -2.93. The minimum atomic E-state index is -1.07. The third-order valence-electron chi connectivity index (χ3n) is 2.45. The van der Waals surface area contributed by atoms with Crippen molar-refractivity contribution < 1.29 is 19.1 Å². The van der Waals surface area contributed by atoms with Crippen LogP contribution in [0.3, 0.4) is 0 Å². The lowest BCUT2D eigenvalue weighted by molar-refractivity contribution is -0.129. The van der Waals surface area contributed by atoms with Gasteiger partial charge in [-0.3, -0.25) is 4.79 Å². The standard InChI is InChI=1S/C12H15N5O4/c1-14-11(18)10(21-12(19)15-2)8-3-5-9(6-4-8)20-7-16-17-13/h3-6,10H,7H2,1-2H3,(H,14,18)(H,15,19). The second-order valence-corrected chi connectivity index (χ2v) is 3.72. The van der Waals surface area contributed by atoms with Crippen LogP contribution in [0.5, 0.6) is 5.75 Å². The highest BCUT2D eigenvalue weighted by molar-refractivity contribution is 5.84. The van der Waals surface area contributed by atoms with Gasteiger partial charge >= 0.3 is 6.09 Å². The predicted octanol–water partition coefficient (Wildman–Crippen LogP) is 1.48. The van der Waals surface area contributed by atoms with Crippen molar-refractivity contribution >= 4 is 12.0 Å². The molecule has 0 fully saturated rings. The largest absolute Gasteiger partial charge is 0.488 e. The molecule has 0 bridgehead atoms. The zero-order valence-electron chi connectivity index (χ0n) is 11.6. The molecule has 0 saturated carbocycles. The molecule has 0 spiro atoms. The number of amides is 2. The summed E-state index contributed by atoms with van der Waals surface area (Å²) in [5.41, 5.74) is 8.62. The number of azide groups is 1. The average Bonchev–Trinajstić information content (AvgIpc) is 2.52. The van der Waals surface area contributed by atoms with E-state index in [-0.39, 0.29) is 6.73 Å². The van der Waals surface area contributed by atoms with Gasteiger partial charge in [0.15, 0.2) is 6.73 Å². The molecule has 9 nitrogen and oxygen atoms in total. The van der Waals surface area contributed by atoms with E-state index in [0.717, 1.165) is 0 Å². The summed E-state index contributed by atoms with van der Waals surface area (Å²) >= 11 is 0. The normalized spacial score (nSPS) is 10.8. The molecule has 0 aliphatic rings. The number of carbonyl (C=O) groups is 2. The van der Waals surface area contributed by atoms with Gasteiger partial charge in [0, 0.05) is 24.6 Å². The van der Waals surface area contributed by atoms with Crippen molar-refractivity contribution in [1.82, 2.24) is 10.6 Å². The summed E-state index contributed by atoms with van der Waals surface area (Å²) in [5, 5.41) is 7.93. The summed E-state index contributed by atoms with van der Waals surface area (Å²) in [6, 6.07) is 6.30. The monoisotopic (exact) mass is 293 g/mol. The molecule has 2 amide bonds. The summed E-state index contributed by atoms with van der Waals surface area (Å²) in [4.78, 5) is 25.6. The van der Waals surface area contributed by atoms with E-state index >= 15 is 0 Å². The van der Waals surface area contributed by atoms with Crippen LogP contribution < -0.4 is 15.4 Å². The Kier molecular flexibility index (Phi) is 6.36. The number of rotatable bonds is 6. The number of hydrogen-bond acceptors (Lipinski definition) is 5. The van der Waals surface area contributed by atoms with E-state index in [1.165, 1.54) is 14.1 Å². The van der Waals surface area contributed by atoms with Crippen molar-refractivity contribution in [2.24, 2.45) is 5.11 Å². The van der Waals surface area contributed by atoms with Gasteiger partial charge in [-0.25, -0.2) is 4.79 Å². The molecule has 1 aromatic carbocycles. The number of benzene rings is 1. The molecule has 0 aromatic heterocycles.